The monoisotopic (exact) mass is 248 g/mol. The predicted octanol–water partition coefficient (Wildman–Crippen LogP) is 3.04. The van der Waals surface area contributed by atoms with Crippen LogP contribution in [-0.2, 0) is 4.79 Å². The van der Waals surface area contributed by atoms with E-state index in [1.807, 2.05) is 51.1 Å². The highest BCUT2D eigenvalue weighted by Gasteiger charge is 2.34. The molecule has 1 aliphatic heterocycles. The van der Waals surface area contributed by atoms with Crippen molar-refractivity contribution >= 4 is 11.6 Å². The summed E-state index contributed by atoms with van der Waals surface area (Å²) in [4.78, 5) is 12.2. The van der Waals surface area contributed by atoms with E-state index in [2.05, 4.69) is 10.6 Å². The van der Waals surface area contributed by atoms with Gasteiger partial charge < -0.3 is 10.6 Å². The minimum Gasteiger partial charge on any atom is -0.326 e. The molecule has 1 saturated heterocycles. The van der Waals surface area contributed by atoms with Gasteiger partial charge in [0.25, 0.3) is 0 Å². The fourth-order valence-corrected chi connectivity index (χ4v) is 2.01. The Balaban J connectivity index is 0.000000771. The molecule has 2 rings (SSSR count). The molecule has 3 nitrogen and oxygen atoms in total. The van der Waals surface area contributed by atoms with Crippen LogP contribution in [0, 0.1) is 5.41 Å². The fourth-order valence-electron chi connectivity index (χ4n) is 2.01. The first-order valence-corrected chi connectivity index (χ1v) is 6.78. The number of hydrogen-bond donors (Lipinski definition) is 2. The first kappa shape index (κ1) is 14.7. The lowest BCUT2D eigenvalue weighted by atomic mass is 9.80. The third kappa shape index (κ3) is 3.84. The van der Waals surface area contributed by atoms with Crippen LogP contribution in [0.3, 0.4) is 0 Å². The van der Waals surface area contributed by atoms with Gasteiger partial charge in [-0.05, 0) is 38.1 Å². The van der Waals surface area contributed by atoms with Gasteiger partial charge in [-0.1, -0.05) is 39.0 Å². The van der Waals surface area contributed by atoms with Gasteiger partial charge in [-0.25, -0.2) is 0 Å². The van der Waals surface area contributed by atoms with Crippen LogP contribution in [0.15, 0.2) is 30.3 Å². The van der Waals surface area contributed by atoms with E-state index in [4.69, 9.17) is 0 Å². The molecule has 1 heterocycles. The van der Waals surface area contributed by atoms with Crippen LogP contribution in [-0.4, -0.2) is 19.0 Å². The van der Waals surface area contributed by atoms with Crippen molar-refractivity contribution in [1.82, 2.24) is 5.32 Å². The highest BCUT2D eigenvalue weighted by atomic mass is 16.2. The minimum absolute atomic E-state index is 0.139. The molecule has 0 bridgehead atoms. The number of anilines is 1. The molecule has 2 N–H and O–H groups in total. The minimum atomic E-state index is -0.221. The Kier molecular flexibility index (Phi) is 5.86. The zero-order valence-corrected chi connectivity index (χ0v) is 11.6. The van der Waals surface area contributed by atoms with Crippen molar-refractivity contribution in [2.75, 3.05) is 18.4 Å². The van der Waals surface area contributed by atoms with Gasteiger partial charge in [0, 0.05) is 11.1 Å². The highest BCUT2D eigenvalue weighted by Crippen LogP contribution is 2.29. The molecule has 0 radical (unpaired) electrons. The fraction of sp³-hybridized carbons (Fsp3) is 0.533. The molecule has 18 heavy (non-hydrogen) atoms. The Morgan fingerprint density at radius 1 is 1.17 bits per heavy atom. The largest absolute Gasteiger partial charge is 0.326 e. The van der Waals surface area contributed by atoms with Crippen molar-refractivity contribution in [3.05, 3.63) is 30.3 Å². The van der Waals surface area contributed by atoms with Gasteiger partial charge in [0.05, 0.1) is 0 Å². The van der Waals surface area contributed by atoms with Gasteiger partial charge >= 0.3 is 0 Å². The Morgan fingerprint density at radius 2 is 1.72 bits per heavy atom. The van der Waals surface area contributed by atoms with Crippen LogP contribution in [0.2, 0.25) is 0 Å². The van der Waals surface area contributed by atoms with E-state index in [1.165, 1.54) is 0 Å². The Bertz CT molecular complexity index is 356. The van der Waals surface area contributed by atoms with E-state index < -0.39 is 0 Å². The van der Waals surface area contributed by atoms with Crippen molar-refractivity contribution in [2.24, 2.45) is 5.41 Å². The number of rotatable bonds is 2. The maximum Gasteiger partial charge on any atom is 0.230 e. The number of piperidine rings is 1. The summed E-state index contributed by atoms with van der Waals surface area (Å²) in [6.07, 6.45) is 1.82. The third-order valence-corrected chi connectivity index (χ3v) is 3.29. The first-order valence-electron chi connectivity index (χ1n) is 6.78. The maximum absolute atomic E-state index is 12.2. The summed E-state index contributed by atoms with van der Waals surface area (Å²) in [7, 11) is 0. The van der Waals surface area contributed by atoms with E-state index in [0.29, 0.717) is 0 Å². The Morgan fingerprint density at radius 3 is 2.28 bits per heavy atom. The van der Waals surface area contributed by atoms with E-state index >= 15 is 0 Å². The van der Waals surface area contributed by atoms with E-state index in [0.717, 1.165) is 31.6 Å². The second kappa shape index (κ2) is 7.17. The van der Waals surface area contributed by atoms with Crippen molar-refractivity contribution in [1.29, 1.82) is 0 Å². The van der Waals surface area contributed by atoms with Crippen molar-refractivity contribution in [2.45, 2.75) is 33.6 Å². The quantitative estimate of drug-likeness (QED) is 0.844. The van der Waals surface area contributed by atoms with Crippen LogP contribution in [0.25, 0.3) is 0 Å². The predicted molar refractivity (Wildman–Crippen MR) is 76.6 cm³/mol. The first-order chi connectivity index (χ1) is 8.71. The third-order valence-electron chi connectivity index (χ3n) is 3.29. The smallest absolute Gasteiger partial charge is 0.230 e. The van der Waals surface area contributed by atoms with Crippen LogP contribution < -0.4 is 10.6 Å². The lowest BCUT2D eigenvalue weighted by molar-refractivity contribution is -0.126. The molecule has 0 unspecified atom stereocenters. The van der Waals surface area contributed by atoms with Gasteiger partial charge in [0.15, 0.2) is 0 Å². The number of carbonyl (C=O) groups is 1. The number of benzene rings is 1. The normalized spacial score (nSPS) is 17.3. The second-order valence-electron chi connectivity index (χ2n) is 4.63. The molecule has 1 amide bonds. The van der Waals surface area contributed by atoms with Crippen molar-refractivity contribution < 1.29 is 4.79 Å². The van der Waals surface area contributed by atoms with Crippen LogP contribution in [0.1, 0.15) is 33.6 Å². The Labute approximate surface area is 110 Å². The summed E-state index contributed by atoms with van der Waals surface area (Å²) < 4.78 is 0. The SMILES string of the molecule is CC.CC1(C(=O)Nc2ccccc2)CCNCC1. The van der Waals surface area contributed by atoms with Crippen molar-refractivity contribution in [3.63, 3.8) is 0 Å². The van der Waals surface area contributed by atoms with E-state index in [1.54, 1.807) is 0 Å². The molecule has 0 spiro atoms. The maximum atomic E-state index is 12.2. The molecule has 100 valence electrons. The number of nitrogens with one attached hydrogen (secondary N) is 2. The van der Waals surface area contributed by atoms with Crippen LogP contribution in [0.4, 0.5) is 5.69 Å². The molecule has 0 atom stereocenters. The average molecular weight is 248 g/mol. The molecule has 1 aromatic rings. The second-order valence-corrected chi connectivity index (χ2v) is 4.63. The van der Waals surface area contributed by atoms with Crippen molar-refractivity contribution in [3.8, 4) is 0 Å². The summed E-state index contributed by atoms with van der Waals surface area (Å²) in [5, 5.41) is 6.26. The summed E-state index contributed by atoms with van der Waals surface area (Å²) in [5.74, 6) is 0.139. The molecule has 1 fully saturated rings. The average Bonchev–Trinajstić information content (AvgIpc) is 2.43. The number of hydrogen-bond acceptors (Lipinski definition) is 2. The zero-order valence-electron chi connectivity index (χ0n) is 11.6. The van der Waals surface area contributed by atoms with Gasteiger partial charge in [-0.15, -0.1) is 0 Å². The molecular weight excluding hydrogens is 224 g/mol. The highest BCUT2D eigenvalue weighted by molar-refractivity contribution is 5.95. The Hall–Kier alpha value is -1.35. The molecule has 0 aromatic heterocycles. The molecule has 0 aliphatic carbocycles. The molecule has 0 saturated carbocycles. The topological polar surface area (TPSA) is 41.1 Å². The molecule has 3 heteroatoms. The van der Waals surface area contributed by atoms with Crippen LogP contribution >= 0.6 is 0 Å². The molecule has 1 aromatic carbocycles. The summed E-state index contributed by atoms with van der Waals surface area (Å²) >= 11 is 0. The number of amides is 1. The van der Waals surface area contributed by atoms with E-state index in [9.17, 15) is 4.79 Å². The number of carbonyl (C=O) groups excluding carboxylic acids is 1. The van der Waals surface area contributed by atoms with Crippen LogP contribution in [0.5, 0.6) is 0 Å². The van der Waals surface area contributed by atoms with Gasteiger partial charge in [-0.3, -0.25) is 4.79 Å². The zero-order chi connectivity index (χ0) is 13.4. The van der Waals surface area contributed by atoms with Gasteiger partial charge in [0.2, 0.25) is 5.91 Å². The molecular formula is C15H24N2O. The summed E-state index contributed by atoms with van der Waals surface area (Å²) in [6, 6.07) is 9.65. The van der Waals surface area contributed by atoms with Gasteiger partial charge in [-0.2, -0.15) is 0 Å². The number of para-hydroxylation sites is 1. The lowest BCUT2D eigenvalue weighted by Crippen LogP contribution is -2.42. The summed E-state index contributed by atoms with van der Waals surface area (Å²) in [6.45, 7) is 7.91. The van der Waals surface area contributed by atoms with Gasteiger partial charge in [0.1, 0.15) is 0 Å². The molecule has 1 aliphatic rings. The standard InChI is InChI=1S/C13H18N2O.C2H6/c1-13(7-9-14-10-8-13)12(16)15-11-5-3-2-4-6-11;1-2/h2-6,14H,7-10H2,1H3,(H,15,16);1-2H3. The van der Waals surface area contributed by atoms with E-state index in [-0.39, 0.29) is 11.3 Å². The lowest BCUT2D eigenvalue weighted by Gasteiger charge is -2.32. The summed E-state index contributed by atoms with van der Waals surface area (Å²) in [5.41, 5.74) is 0.661.